The van der Waals surface area contributed by atoms with E-state index in [1.54, 1.807) is 0 Å². The summed E-state index contributed by atoms with van der Waals surface area (Å²) in [5.74, 6) is 1.42. The van der Waals surface area contributed by atoms with Gasteiger partial charge in [0.1, 0.15) is 5.75 Å². The molecule has 2 rings (SSSR count). The van der Waals surface area contributed by atoms with Gasteiger partial charge in [-0.15, -0.1) is 0 Å². The predicted octanol–water partition coefficient (Wildman–Crippen LogP) is 2.21. The van der Waals surface area contributed by atoms with E-state index in [1.165, 1.54) is 6.42 Å². The molecule has 0 saturated carbocycles. The lowest BCUT2D eigenvalue weighted by Crippen LogP contribution is -2.36. The van der Waals surface area contributed by atoms with E-state index in [-0.39, 0.29) is 6.04 Å². The molecular weight excluding hydrogens is 214 g/mol. The summed E-state index contributed by atoms with van der Waals surface area (Å²) in [4.78, 5) is 0. The Morgan fingerprint density at radius 3 is 2.88 bits per heavy atom. The molecule has 1 aliphatic heterocycles. The van der Waals surface area contributed by atoms with Crippen LogP contribution in [0, 0.1) is 5.92 Å². The van der Waals surface area contributed by atoms with Gasteiger partial charge in [0.25, 0.3) is 0 Å². The van der Waals surface area contributed by atoms with Gasteiger partial charge in [-0.2, -0.15) is 0 Å². The molecule has 1 aliphatic rings. The molecular formula is C14H21NO2. The predicted molar refractivity (Wildman–Crippen MR) is 68.1 cm³/mol. The molecule has 2 atom stereocenters. The van der Waals surface area contributed by atoms with Gasteiger partial charge in [-0.1, -0.05) is 18.2 Å². The lowest BCUT2D eigenvalue weighted by molar-refractivity contribution is 0.0420. The first-order valence-corrected chi connectivity index (χ1v) is 6.37. The monoisotopic (exact) mass is 235 g/mol. The molecule has 1 heterocycles. The third kappa shape index (κ3) is 4.02. The van der Waals surface area contributed by atoms with E-state index in [9.17, 15) is 0 Å². The molecule has 2 unspecified atom stereocenters. The molecule has 1 aromatic rings. The van der Waals surface area contributed by atoms with Gasteiger partial charge in [-0.05, 0) is 37.3 Å². The molecule has 2 N–H and O–H groups in total. The van der Waals surface area contributed by atoms with E-state index in [4.69, 9.17) is 15.2 Å². The summed E-state index contributed by atoms with van der Waals surface area (Å²) in [6.45, 7) is 2.39. The Morgan fingerprint density at radius 1 is 1.35 bits per heavy atom. The van der Waals surface area contributed by atoms with Crippen LogP contribution in [0.2, 0.25) is 0 Å². The van der Waals surface area contributed by atoms with Gasteiger partial charge in [0.15, 0.2) is 0 Å². The van der Waals surface area contributed by atoms with E-state index < -0.39 is 0 Å². The molecule has 1 saturated heterocycles. The second kappa shape index (κ2) is 6.62. The van der Waals surface area contributed by atoms with Gasteiger partial charge < -0.3 is 15.2 Å². The van der Waals surface area contributed by atoms with Crippen LogP contribution in [-0.2, 0) is 4.74 Å². The number of nitrogens with two attached hydrogens (primary N) is 1. The highest BCUT2D eigenvalue weighted by atomic mass is 16.5. The standard InChI is InChI=1S/C14H21NO2/c15-14(12-5-4-9-16-11-12)8-10-17-13-6-2-1-3-7-13/h1-3,6-7,12,14H,4-5,8-11,15H2. The fourth-order valence-corrected chi connectivity index (χ4v) is 2.17. The Morgan fingerprint density at radius 2 is 2.18 bits per heavy atom. The van der Waals surface area contributed by atoms with Gasteiger partial charge in [-0.25, -0.2) is 0 Å². The van der Waals surface area contributed by atoms with Crippen molar-refractivity contribution in [1.29, 1.82) is 0 Å². The number of benzene rings is 1. The van der Waals surface area contributed by atoms with Crippen LogP contribution in [0.1, 0.15) is 19.3 Å². The van der Waals surface area contributed by atoms with Crippen molar-refractivity contribution in [3.8, 4) is 5.75 Å². The SMILES string of the molecule is NC(CCOc1ccccc1)C1CCCOC1. The van der Waals surface area contributed by atoms with E-state index in [0.29, 0.717) is 12.5 Å². The summed E-state index contributed by atoms with van der Waals surface area (Å²) in [6.07, 6.45) is 3.22. The molecule has 0 amide bonds. The largest absolute Gasteiger partial charge is 0.494 e. The molecule has 17 heavy (non-hydrogen) atoms. The number of hydrogen-bond acceptors (Lipinski definition) is 3. The molecule has 3 nitrogen and oxygen atoms in total. The lowest BCUT2D eigenvalue weighted by atomic mass is 9.92. The zero-order valence-corrected chi connectivity index (χ0v) is 10.2. The van der Waals surface area contributed by atoms with Crippen LogP contribution in [0.4, 0.5) is 0 Å². The Hall–Kier alpha value is -1.06. The molecule has 0 aromatic heterocycles. The molecule has 1 fully saturated rings. The highest BCUT2D eigenvalue weighted by Crippen LogP contribution is 2.18. The summed E-state index contributed by atoms with van der Waals surface area (Å²) < 4.78 is 11.1. The molecule has 1 aromatic carbocycles. The first-order chi connectivity index (χ1) is 8.36. The third-order valence-corrected chi connectivity index (χ3v) is 3.26. The van der Waals surface area contributed by atoms with Crippen LogP contribution in [0.5, 0.6) is 5.75 Å². The lowest BCUT2D eigenvalue weighted by Gasteiger charge is -2.27. The van der Waals surface area contributed by atoms with Crippen molar-refractivity contribution in [2.24, 2.45) is 11.7 Å². The van der Waals surface area contributed by atoms with Gasteiger partial charge in [-0.3, -0.25) is 0 Å². The van der Waals surface area contributed by atoms with Crippen molar-refractivity contribution >= 4 is 0 Å². The van der Waals surface area contributed by atoms with E-state index >= 15 is 0 Å². The molecule has 94 valence electrons. The Labute approximate surface area is 103 Å². The average Bonchev–Trinajstić information content (AvgIpc) is 2.41. The van der Waals surface area contributed by atoms with Gasteiger partial charge >= 0.3 is 0 Å². The number of rotatable bonds is 5. The normalized spacial score (nSPS) is 22.1. The van der Waals surface area contributed by atoms with Crippen LogP contribution >= 0.6 is 0 Å². The summed E-state index contributed by atoms with van der Waals surface area (Å²) in [6, 6.07) is 10.1. The van der Waals surface area contributed by atoms with E-state index in [0.717, 1.165) is 31.8 Å². The second-order valence-corrected chi connectivity index (χ2v) is 4.59. The van der Waals surface area contributed by atoms with Crippen LogP contribution in [0.3, 0.4) is 0 Å². The fraction of sp³-hybridized carbons (Fsp3) is 0.571. The van der Waals surface area contributed by atoms with Crippen LogP contribution < -0.4 is 10.5 Å². The van der Waals surface area contributed by atoms with Crippen molar-refractivity contribution in [2.45, 2.75) is 25.3 Å². The maximum atomic E-state index is 6.15. The van der Waals surface area contributed by atoms with Crippen molar-refractivity contribution < 1.29 is 9.47 Å². The minimum Gasteiger partial charge on any atom is -0.494 e. The smallest absolute Gasteiger partial charge is 0.119 e. The zero-order valence-electron chi connectivity index (χ0n) is 10.2. The minimum absolute atomic E-state index is 0.194. The first-order valence-electron chi connectivity index (χ1n) is 6.37. The number of hydrogen-bond donors (Lipinski definition) is 1. The summed E-state index contributed by atoms with van der Waals surface area (Å²) in [7, 11) is 0. The topological polar surface area (TPSA) is 44.5 Å². The van der Waals surface area contributed by atoms with Crippen LogP contribution in [0.25, 0.3) is 0 Å². The molecule has 0 aliphatic carbocycles. The third-order valence-electron chi connectivity index (χ3n) is 3.26. The Bertz CT molecular complexity index is 309. The number of para-hydroxylation sites is 1. The first kappa shape index (κ1) is 12.4. The summed E-state index contributed by atoms with van der Waals surface area (Å²) in [5, 5.41) is 0. The Balaban J connectivity index is 1.67. The van der Waals surface area contributed by atoms with E-state index in [1.807, 2.05) is 30.3 Å². The van der Waals surface area contributed by atoms with Crippen molar-refractivity contribution in [3.63, 3.8) is 0 Å². The van der Waals surface area contributed by atoms with Gasteiger partial charge in [0.05, 0.1) is 13.2 Å². The van der Waals surface area contributed by atoms with Crippen LogP contribution in [0.15, 0.2) is 30.3 Å². The van der Waals surface area contributed by atoms with Gasteiger partial charge in [0.2, 0.25) is 0 Å². The maximum Gasteiger partial charge on any atom is 0.119 e. The highest BCUT2D eigenvalue weighted by molar-refractivity contribution is 5.20. The van der Waals surface area contributed by atoms with Crippen molar-refractivity contribution in [3.05, 3.63) is 30.3 Å². The fourth-order valence-electron chi connectivity index (χ4n) is 2.17. The molecule has 0 radical (unpaired) electrons. The molecule has 0 spiro atoms. The zero-order chi connectivity index (χ0) is 11.9. The van der Waals surface area contributed by atoms with Crippen molar-refractivity contribution in [1.82, 2.24) is 0 Å². The molecule has 0 bridgehead atoms. The maximum absolute atomic E-state index is 6.15. The quantitative estimate of drug-likeness (QED) is 0.851. The summed E-state index contributed by atoms with van der Waals surface area (Å²) in [5.41, 5.74) is 6.15. The average molecular weight is 235 g/mol. The minimum atomic E-state index is 0.194. The number of ether oxygens (including phenoxy) is 2. The summed E-state index contributed by atoms with van der Waals surface area (Å²) >= 11 is 0. The highest BCUT2D eigenvalue weighted by Gasteiger charge is 2.20. The van der Waals surface area contributed by atoms with Crippen LogP contribution in [-0.4, -0.2) is 25.9 Å². The molecule has 3 heteroatoms. The Kier molecular flexibility index (Phi) is 4.83. The van der Waals surface area contributed by atoms with Crippen molar-refractivity contribution in [2.75, 3.05) is 19.8 Å². The van der Waals surface area contributed by atoms with E-state index in [2.05, 4.69) is 0 Å². The van der Waals surface area contributed by atoms with Gasteiger partial charge in [0, 0.05) is 12.6 Å². The second-order valence-electron chi connectivity index (χ2n) is 4.59.